The number of benzene rings is 1. The van der Waals surface area contributed by atoms with E-state index in [0.29, 0.717) is 17.8 Å². The maximum absolute atomic E-state index is 12.7. The molecule has 1 atom stereocenters. The highest BCUT2D eigenvalue weighted by Gasteiger charge is 2.51. The standard InChI is InChI=1S/C21H26N2O5/c1-13(28-19(24)9-17-4-2-3-5-18(17)23(26)27)20(25)22-21-10-14-6-15(11-21)8-16(7-14)12-21/h2-5,13-16H,6-12H2,1H3,(H,22,25)/t13-,14?,15?,16?,21?/m1/s1. The zero-order chi connectivity index (χ0) is 19.9. The molecule has 150 valence electrons. The molecule has 4 aliphatic rings. The van der Waals surface area contributed by atoms with Crippen molar-refractivity contribution >= 4 is 17.6 Å². The first-order valence-corrected chi connectivity index (χ1v) is 10.1. The van der Waals surface area contributed by atoms with Gasteiger partial charge in [-0.2, -0.15) is 0 Å². The number of nitrogens with one attached hydrogen (secondary N) is 1. The van der Waals surface area contributed by atoms with Crippen molar-refractivity contribution in [2.45, 2.75) is 63.5 Å². The van der Waals surface area contributed by atoms with Crippen molar-refractivity contribution in [3.05, 3.63) is 39.9 Å². The van der Waals surface area contributed by atoms with E-state index in [9.17, 15) is 19.7 Å². The normalized spacial score (nSPS) is 31.2. The molecule has 0 heterocycles. The van der Waals surface area contributed by atoms with E-state index in [1.165, 1.54) is 31.4 Å². The summed E-state index contributed by atoms with van der Waals surface area (Å²) in [5.41, 5.74) is 0.0290. The third-order valence-corrected chi connectivity index (χ3v) is 6.63. The average molecular weight is 386 g/mol. The second kappa shape index (κ2) is 7.18. The van der Waals surface area contributed by atoms with Crippen LogP contribution < -0.4 is 5.32 Å². The van der Waals surface area contributed by atoms with Gasteiger partial charge < -0.3 is 10.1 Å². The third-order valence-electron chi connectivity index (χ3n) is 6.63. The highest BCUT2D eigenvalue weighted by Crippen LogP contribution is 2.55. The first kappa shape index (κ1) is 18.9. The largest absolute Gasteiger partial charge is 0.452 e. The fourth-order valence-electron chi connectivity index (χ4n) is 5.91. The van der Waals surface area contributed by atoms with Crippen LogP contribution in [0.2, 0.25) is 0 Å². The summed E-state index contributed by atoms with van der Waals surface area (Å²) in [6.45, 7) is 1.56. The Hall–Kier alpha value is -2.44. The van der Waals surface area contributed by atoms with Gasteiger partial charge in [0, 0.05) is 17.2 Å². The Bertz CT molecular complexity index is 770. The maximum Gasteiger partial charge on any atom is 0.311 e. The molecule has 0 radical (unpaired) electrons. The summed E-state index contributed by atoms with van der Waals surface area (Å²) in [7, 11) is 0. The van der Waals surface area contributed by atoms with Crippen LogP contribution in [0.25, 0.3) is 0 Å². The number of nitro groups is 1. The Morgan fingerprint density at radius 1 is 1.18 bits per heavy atom. The number of esters is 1. The number of rotatable bonds is 6. The zero-order valence-corrected chi connectivity index (χ0v) is 16.1. The van der Waals surface area contributed by atoms with Crippen LogP contribution in [0.3, 0.4) is 0 Å². The van der Waals surface area contributed by atoms with Crippen molar-refractivity contribution in [1.29, 1.82) is 0 Å². The topological polar surface area (TPSA) is 98.5 Å². The van der Waals surface area contributed by atoms with Gasteiger partial charge in [-0.05, 0) is 63.2 Å². The Labute approximate surface area is 164 Å². The molecule has 0 spiro atoms. The van der Waals surface area contributed by atoms with Crippen LogP contribution in [-0.4, -0.2) is 28.4 Å². The van der Waals surface area contributed by atoms with E-state index in [2.05, 4.69) is 5.32 Å². The van der Waals surface area contributed by atoms with Gasteiger partial charge in [0.05, 0.1) is 11.3 Å². The van der Waals surface area contributed by atoms with E-state index in [1.807, 2.05) is 0 Å². The van der Waals surface area contributed by atoms with Crippen LogP contribution in [0.15, 0.2) is 24.3 Å². The Balaban J connectivity index is 1.35. The molecule has 28 heavy (non-hydrogen) atoms. The van der Waals surface area contributed by atoms with Crippen molar-refractivity contribution < 1.29 is 19.2 Å². The molecule has 0 saturated heterocycles. The third kappa shape index (κ3) is 3.75. The molecule has 1 N–H and O–H groups in total. The van der Waals surface area contributed by atoms with E-state index in [-0.39, 0.29) is 29.1 Å². The smallest absolute Gasteiger partial charge is 0.311 e. The lowest BCUT2D eigenvalue weighted by Gasteiger charge is -2.57. The van der Waals surface area contributed by atoms with Crippen molar-refractivity contribution in [2.75, 3.05) is 0 Å². The van der Waals surface area contributed by atoms with Crippen LogP contribution in [-0.2, 0) is 20.7 Å². The van der Waals surface area contributed by atoms with Gasteiger partial charge in [0.1, 0.15) is 0 Å². The number of amides is 1. The molecule has 0 unspecified atom stereocenters. The minimum atomic E-state index is -0.914. The van der Waals surface area contributed by atoms with Gasteiger partial charge in [-0.3, -0.25) is 19.7 Å². The minimum Gasteiger partial charge on any atom is -0.452 e. The van der Waals surface area contributed by atoms with E-state index < -0.39 is 17.0 Å². The van der Waals surface area contributed by atoms with Crippen molar-refractivity contribution in [3.63, 3.8) is 0 Å². The molecule has 5 rings (SSSR count). The Kier molecular flexibility index (Phi) is 4.85. The molecule has 1 aromatic carbocycles. The van der Waals surface area contributed by atoms with E-state index in [4.69, 9.17) is 4.74 Å². The number of hydrogen-bond acceptors (Lipinski definition) is 5. The summed E-state index contributed by atoms with van der Waals surface area (Å²) in [6, 6.07) is 6.07. The molecular weight excluding hydrogens is 360 g/mol. The predicted octanol–water partition coefficient (Wildman–Crippen LogP) is 3.15. The first-order valence-electron chi connectivity index (χ1n) is 10.1. The maximum atomic E-state index is 12.7. The number of hydrogen-bond donors (Lipinski definition) is 1. The summed E-state index contributed by atoms with van der Waals surface area (Å²) >= 11 is 0. The van der Waals surface area contributed by atoms with E-state index >= 15 is 0 Å². The molecule has 4 bridgehead atoms. The fraction of sp³-hybridized carbons (Fsp3) is 0.619. The second-order valence-corrected chi connectivity index (χ2v) is 8.88. The molecule has 0 aliphatic heterocycles. The molecule has 1 aromatic rings. The van der Waals surface area contributed by atoms with Crippen molar-refractivity contribution in [2.24, 2.45) is 17.8 Å². The first-order chi connectivity index (χ1) is 13.3. The summed E-state index contributed by atoms with van der Waals surface area (Å²) < 4.78 is 5.29. The summed E-state index contributed by atoms with van der Waals surface area (Å²) in [5.74, 6) is 1.23. The van der Waals surface area contributed by atoms with Crippen LogP contribution >= 0.6 is 0 Å². The van der Waals surface area contributed by atoms with Gasteiger partial charge in [-0.25, -0.2) is 0 Å². The number of nitro benzene ring substituents is 1. The monoisotopic (exact) mass is 386 g/mol. The molecular formula is C21H26N2O5. The SMILES string of the molecule is C[C@@H](OC(=O)Cc1ccccc1[N+](=O)[O-])C(=O)NC12CC3CC(CC(C3)C1)C2. The van der Waals surface area contributed by atoms with E-state index in [0.717, 1.165) is 19.3 Å². The van der Waals surface area contributed by atoms with Gasteiger partial charge in [0.15, 0.2) is 6.10 Å². The average Bonchev–Trinajstić information content (AvgIpc) is 2.60. The Morgan fingerprint density at radius 3 is 2.32 bits per heavy atom. The second-order valence-electron chi connectivity index (χ2n) is 8.88. The summed E-state index contributed by atoms with van der Waals surface area (Å²) in [5, 5.41) is 14.3. The van der Waals surface area contributed by atoms with Gasteiger partial charge in [0.2, 0.25) is 0 Å². The Morgan fingerprint density at radius 2 is 1.75 bits per heavy atom. The van der Waals surface area contributed by atoms with Crippen LogP contribution in [0.5, 0.6) is 0 Å². The number of carbonyl (C=O) groups excluding carboxylic acids is 2. The number of para-hydroxylation sites is 1. The fourth-order valence-corrected chi connectivity index (χ4v) is 5.91. The van der Waals surface area contributed by atoms with Gasteiger partial charge in [-0.1, -0.05) is 18.2 Å². The molecule has 4 aliphatic carbocycles. The van der Waals surface area contributed by atoms with E-state index in [1.54, 1.807) is 19.1 Å². The van der Waals surface area contributed by atoms with Gasteiger partial charge in [-0.15, -0.1) is 0 Å². The molecule has 1 amide bonds. The highest BCUT2D eigenvalue weighted by atomic mass is 16.6. The predicted molar refractivity (Wildman–Crippen MR) is 101 cm³/mol. The van der Waals surface area contributed by atoms with Crippen LogP contribution in [0.1, 0.15) is 51.0 Å². The molecule has 7 nitrogen and oxygen atoms in total. The lowest BCUT2D eigenvalue weighted by molar-refractivity contribution is -0.385. The number of ether oxygens (including phenoxy) is 1. The molecule has 0 aromatic heterocycles. The quantitative estimate of drug-likeness (QED) is 0.460. The zero-order valence-electron chi connectivity index (χ0n) is 16.1. The van der Waals surface area contributed by atoms with Gasteiger partial charge >= 0.3 is 5.97 Å². The minimum absolute atomic E-state index is 0.120. The van der Waals surface area contributed by atoms with Crippen LogP contribution in [0, 0.1) is 27.9 Å². The lowest BCUT2D eigenvalue weighted by Crippen LogP contribution is -2.61. The van der Waals surface area contributed by atoms with Gasteiger partial charge in [0.25, 0.3) is 11.6 Å². The highest BCUT2D eigenvalue weighted by molar-refractivity contribution is 5.84. The van der Waals surface area contributed by atoms with Crippen molar-refractivity contribution in [1.82, 2.24) is 5.32 Å². The van der Waals surface area contributed by atoms with Crippen molar-refractivity contribution in [3.8, 4) is 0 Å². The molecule has 4 fully saturated rings. The number of nitrogens with zero attached hydrogens (tertiary/aromatic N) is 1. The summed E-state index contributed by atoms with van der Waals surface area (Å²) in [4.78, 5) is 35.5. The summed E-state index contributed by atoms with van der Waals surface area (Å²) in [6.07, 6.45) is 5.81. The van der Waals surface area contributed by atoms with Crippen LogP contribution in [0.4, 0.5) is 5.69 Å². The number of carbonyl (C=O) groups is 2. The molecule has 4 saturated carbocycles. The molecule has 7 heteroatoms. The lowest BCUT2D eigenvalue weighted by atomic mass is 9.53.